The maximum absolute atomic E-state index is 12.4. The predicted molar refractivity (Wildman–Crippen MR) is 89.7 cm³/mol. The number of fused-ring (bicyclic) bond motifs is 1. The van der Waals surface area contributed by atoms with Gasteiger partial charge in [0.25, 0.3) is 5.91 Å². The number of hydrogen-bond acceptors (Lipinski definition) is 3. The smallest absolute Gasteiger partial charge is 0.259 e. The summed E-state index contributed by atoms with van der Waals surface area (Å²) in [5.41, 5.74) is 1.11. The highest BCUT2D eigenvalue weighted by molar-refractivity contribution is 6.10. The number of rotatable bonds is 4. The Kier molecular flexibility index (Phi) is 3.93. The molecule has 3 aromatic carbocycles. The number of hydrogen-bond donors (Lipinski definition) is 3. The van der Waals surface area contributed by atoms with E-state index in [-0.39, 0.29) is 11.3 Å². The average molecular weight is 306 g/mol. The maximum Gasteiger partial charge on any atom is 0.259 e. The van der Waals surface area contributed by atoms with Crippen molar-refractivity contribution >= 4 is 34.5 Å². The van der Waals surface area contributed by atoms with Crippen LogP contribution in [0.4, 0.5) is 11.4 Å². The second kappa shape index (κ2) is 6.19. The van der Waals surface area contributed by atoms with Gasteiger partial charge in [-0.3, -0.25) is 9.59 Å². The summed E-state index contributed by atoms with van der Waals surface area (Å²) >= 11 is 0. The highest BCUT2D eigenvalue weighted by Gasteiger charge is 2.14. The Morgan fingerprint density at radius 2 is 1.52 bits per heavy atom. The van der Waals surface area contributed by atoms with E-state index < -0.39 is 5.91 Å². The Morgan fingerprint density at radius 3 is 2.22 bits per heavy atom. The van der Waals surface area contributed by atoms with Crippen LogP contribution in [0.25, 0.3) is 10.8 Å². The summed E-state index contributed by atoms with van der Waals surface area (Å²) in [5.74, 6) is -0.546. The number of aromatic hydroxyl groups is 1. The second-order valence-electron chi connectivity index (χ2n) is 4.98. The van der Waals surface area contributed by atoms with Gasteiger partial charge >= 0.3 is 0 Å². The summed E-state index contributed by atoms with van der Waals surface area (Å²) in [6, 6.07) is 17.5. The number of nitrogens with one attached hydrogen (secondary N) is 2. The molecule has 0 aliphatic rings. The molecule has 0 aliphatic heterocycles. The van der Waals surface area contributed by atoms with Crippen LogP contribution in [0.3, 0.4) is 0 Å². The molecular weight excluding hydrogens is 292 g/mol. The summed E-state index contributed by atoms with van der Waals surface area (Å²) in [7, 11) is 0. The van der Waals surface area contributed by atoms with E-state index in [0.29, 0.717) is 17.8 Å². The first-order valence-corrected chi connectivity index (χ1v) is 7.01. The molecule has 0 aromatic heterocycles. The number of para-hydroxylation sites is 2. The summed E-state index contributed by atoms with van der Waals surface area (Å²) in [6.45, 7) is 0. The largest absolute Gasteiger partial charge is 0.507 e. The van der Waals surface area contributed by atoms with E-state index in [4.69, 9.17) is 0 Å². The quantitative estimate of drug-likeness (QED) is 0.647. The standard InChI is InChI=1S/C18H14N2O3/c21-11-19-15-7-3-4-8-16(15)20-18(23)14-9-12-5-1-2-6-13(12)10-17(14)22/h1-11,22H,(H,19,21)(H,20,23). The van der Waals surface area contributed by atoms with E-state index in [1.165, 1.54) is 0 Å². The molecule has 0 aliphatic carbocycles. The van der Waals surface area contributed by atoms with E-state index in [9.17, 15) is 14.7 Å². The first-order chi connectivity index (χ1) is 11.2. The number of amides is 2. The lowest BCUT2D eigenvalue weighted by Crippen LogP contribution is -2.13. The van der Waals surface area contributed by atoms with Crippen molar-refractivity contribution in [1.82, 2.24) is 0 Å². The van der Waals surface area contributed by atoms with Crippen molar-refractivity contribution in [2.24, 2.45) is 0 Å². The third-order valence-corrected chi connectivity index (χ3v) is 3.50. The van der Waals surface area contributed by atoms with Gasteiger partial charge in [0.1, 0.15) is 5.75 Å². The molecule has 3 rings (SSSR count). The fourth-order valence-corrected chi connectivity index (χ4v) is 2.38. The first kappa shape index (κ1) is 14.6. The monoisotopic (exact) mass is 306 g/mol. The molecule has 0 atom stereocenters. The molecule has 3 N–H and O–H groups in total. The Balaban J connectivity index is 1.95. The number of carbonyl (C=O) groups excluding carboxylic acids is 2. The van der Waals surface area contributed by atoms with Crippen molar-refractivity contribution in [2.45, 2.75) is 0 Å². The Morgan fingerprint density at radius 1 is 0.913 bits per heavy atom. The minimum Gasteiger partial charge on any atom is -0.507 e. The molecule has 0 heterocycles. The van der Waals surface area contributed by atoms with Crippen molar-refractivity contribution in [2.75, 3.05) is 10.6 Å². The van der Waals surface area contributed by atoms with Gasteiger partial charge in [0.05, 0.1) is 16.9 Å². The van der Waals surface area contributed by atoms with Gasteiger partial charge in [0.15, 0.2) is 0 Å². The van der Waals surface area contributed by atoms with Gasteiger partial charge in [-0.15, -0.1) is 0 Å². The molecule has 0 saturated carbocycles. The summed E-state index contributed by atoms with van der Waals surface area (Å²) < 4.78 is 0. The van der Waals surface area contributed by atoms with Crippen LogP contribution in [0.1, 0.15) is 10.4 Å². The zero-order valence-corrected chi connectivity index (χ0v) is 12.1. The molecular formula is C18H14N2O3. The Hall–Kier alpha value is -3.34. The highest BCUT2D eigenvalue weighted by atomic mass is 16.3. The lowest BCUT2D eigenvalue weighted by molar-refractivity contribution is -0.105. The van der Waals surface area contributed by atoms with E-state index in [0.717, 1.165) is 10.8 Å². The highest BCUT2D eigenvalue weighted by Crippen LogP contribution is 2.27. The molecule has 0 saturated heterocycles. The summed E-state index contributed by atoms with van der Waals surface area (Å²) in [4.78, 5) is 23.1. The Labute approximate surface area is 132 Å². The van der Waals surface area contributed by atoms with Crippen molar-refractivity contribution in [1.29, 1.82) is 0 Å². The van der Waals surface area contributed by atoms with Crippen LogP contribution in [-0.4, -0.2) is 17.4 Å². The molecule has 0 spiro atoms. The molecule has 114 valence electrons. The van der Waals surface area contributed by atoms with Crippen molar-refractivity contribution in [3.63, 3.8) is 0 Å². The van der Waals surface area contributed by atoms with Crippen LogP contribution in [0.5, 0.6) is 5.75 Å². The third kappa shape index (κ3) is 2.98. The van der Waals surface area contributed by atoms with E-state index in [2.05, 4.69) is 10.6 Å². The molecule has 5 nitrogen and oxygen atoms in total. The summed E-state index contributed by atoms with van der Waals surface area (Å²) in [6.07, 6.45) is 0.540. The maximum atomic E-state index is 12.4. The number of benzene rings is 3. The Bertz CT molecular complexity index is 890. The van der Waals surface area contributed by atoms with Crippen molar-refractivity contribution in [3.05, 3.63) is 66.2 Å². The van der Waals surface area contributed by atoms with Crippen molar-refractivity contribution < 1.29 is 14.7 Å². The zero-order chi connectivity index (χ0) is 16.2. The molecule has 5 heteroatoms. The molecule has 0 radical (unpaired) electrons. The molecule has 0 bridgehead atoms. The zero-order valence-electron chi connectivity index (χ0n) is 12.1. The minimum absolute atomic E-state index is 0.0953. The lowest BCUT2D eigenvalue weighted by Gasteiger charge is -2.11. The topological polar surface area (TPSA) is 78.4 Å². The van der Waals surface area contributed by atoms with Gasteiger partial charge in [-0.2, -0.15) is 0 Å². The number of phenols is 1. The first-order valence-electron chi connectivity index (χ1n) is 7.01. The SMILES string of the molecule is O=CNc1ccccc1NC(=O)c1cc2ccccc2cc1O. The van der Waals surface area contributed by atoms with Crippen LogP contribution in [-0.2, 0) is 4.79 Å². The molecule has 0 unspecified atom stereocenters. The van der Waals surface area contributed by atoms with Gasteiger partial charge < -0.3 is 15.7 Å². The van der Waals surface area contributed by atoms with Crippen LogP contribution in [0.15, 0.2) is 60.7 Å². The van der Waals surface area contributed by atoms with E-state index in [1.54, 1.807) is 36.4 Å². The third-order valence-electron chi connectivity index (χ3n) is 3.50. The molecule has 3 aromatic rings. The van der Waals surface area contributed by atoms with Gasteiger partial charge in [-0.25, -0.2) is 0 Å². The fraction of sp³-hybridized carbons (Fsp3) is 0. The number of phenolic OH excluding ortho intramolecular Hbond substituents is 1. The summed E-state index contributed by atoms with van der Waals surface area (Å²) in [5, 5.41) is 17.0. The van der Waals surface area contributed by atoms with Crippen molar-refractivity contribution in [3.8, 4) is 5.75 Å². The van der Waals surface area contributed by atoms with Crippen LogP contribution in [0, 0.1) is 0 Å². The van der Waals surface area contributed by atoms with E-state index >= 15 is 0 Å². The van der Waals surface area contributed by atoms with Crippen LogP contribution < -0.4 is 10.6 Å². The minimum atomic E-state index is -0.451. The average Bonchev–Trinajstić information content (AvgIpc) is 2.56. The second-order valence-corrected chi connectivity index (χ2v) is 4.98. The lowest BCUT2D eigenvalue weighted by atomic mass is 10.1. The normalized spacial score (nSPS) is 10.3. The molecule has 0 fully saturated rings. The number of anilines is 2. The van der Waals surface area contributed by atoms with Gasteiger partial charge in [-0.05, 0) is 35.0 Å². The molecule has 23 heavy (non-hydrogen) atoms. The van der Waals surface area contributed by atoms with E-state index in [1.807, 2.05) is 24.3 Å². The van der Waals surface area contributed by atoms with Crippen LogP contribution >= 0.6 is 0 Å². The predicted octanol–water partition coefficient (Wildman–Crippen LogP) is 3.37. The number of carbonyl (C=O) groups is 2. The molecule has 2 amide bonds. The fourth-order valence-electron chi connectivity index (χ4n) is 2.38. The van der Waals surface area contributed by atoms with Crippen LogP contribution in [0.2, 0.25) is 0 Å². The van der Waals surface area contributed by atoms with Gasteiger partial charge in [-0.1, -0.05) is 36.4 Å². The van der Waals surface area contributed by atoms with Gasteiger partial charge in [0.2, 0.25) is 6.41 Å². The van der Waals surface area contributed by atoms with Gasteiger partial charge in [0, 0.05) is 0 Å².